The third-order valence-corrected chi connectivity index (χ3v) is 4.72. The third kappa shape index (κ3) is 4.21. The number of sulfonamides is 1. The number of para-hydroxylation sites is 1. The summed E-state index contributed by atoms with van der Waals surface area (Å²) in [5.74, 6) is -0.0429. The SMILES string of the molecule is O=C(Nc1ccccn1)c1cccc(S(=O)(=O)Nc2ccccc2)c1. The van der Waals surface area contributed by atoms with Crippen molar-refractivity contribution in [3.63, 3.8) is 0 Å². The van der Waals surface area contributed by atoms with E-state index in [1.807, 2.05) is 0 Å². The minimum absolute atomic E-state index is 0.00465. The van der Waals surface area contributed by atoms with Gasteiger partial charge < -0.3 is 5.32 Å². The lowest BCUT2D eigenvalue weighted by Gasteiger charge is -2.09. The molecule has 1 amide bonds. The molecule has 0 radical (unpaired) electrons. The summed E-state index contributed by atoms with van der Waals surface area (Å²) in [5.41, 5.74) is 0.674. The summed E-state index contributed by atoms with van der Waals surface area (Å²) in [4.78, 5) is 16.3. The molecule has 2 N–H and O–H groups in total. The number of hydrogen-bond donors (Lipinski definition) is 2. The second-order valence-corrected chi connectivity index (χ2v) is 6.85. The molecule has 1 aromatic heterocycles. The first-order chi connectivity index (χ1) is 12.0. The van der Waals surface area contributed by atoms with Crippen LogP contribution in [0.25, 0.3) is 0 Å². The predicted molar refractivity (Wildman–Crippen MR) is 95.9 cm³/mol. The van der Waals surface area contributed by atoms with Crippen molar-refractivity contribution < 1.29 is 13.2 Å². The van der Waals surface area contributed by atoms with Crippen molar-refractivity contribution in [3.8, 4) is 0 Å². The molecule has 2 aromatic carbocycles. The minimum Gasteiger partial charge on any atom is -0.307 e. The van der Waals surface area contributed by atoms with Gasteiger partial charge in [0.1, 0.15) is 5.82 Å². The minimum atomic E-state index is -3.79. The van der Waals surface area contributed by atoms with Crippen LogP contribution in [-0.4, -0.2) is 19.3 Å². The van der Waals surface area contributed by atoms with Crippen molar-refractivity contribution in [2.24, 2.45) is 0 Å². The number of aromatic nitrogens is 1. The summed E-state index contributed by atoms with van der Waals surface area (Å²) in [5, 5.41) is 2.62. The van der Waals surface area contributed by atoms with E-state index in [4.69, 9.17) is 0 Å². The van der Waals surface area contributed by atoms with Crippen LogP contribution in [0, 0.1) is 0 Å². The van der Waals surface area contributed by atoms with Crippen molar-refractivity contribution in [2.45, 2.75) is 4.90 Å². The first kappa shape index (κ1) is 16.7. The van der Waals surface area contributed by atoms with Crippen molar-refractivity contribution in [1.82, 2.24) is 4.98 Å². The van der Waals surface area contributed by atoms with Crippen molar-refractivity contribution in [3.05, 3.63) is 84.6 Å². The number of rotatable bonds is 5. The van der Waals surface area contributed by atoms with E-state index in [2.05, 4.69) is 15.0 Å². The standard InChI is InChI=1S/C18H15N3O3S/c22-18(20-17-11-4-5-12-19-17)14-7-6-10-16(13-14)25(23,24)21-15-8-2-1-3-9-15/h1-13,21H,(H,19,20,22). The highest BCUT2D eigenvalue weighted by molar-refractivity contribution is 7.92. The van der Waals surface area contributed by atoms with Crippen LogP contribution in [0.4, 0.5) is 11.5 Å². The highest BCUT2D eigenvalue weighted by atomic mass is 32.2. The molecule has 0 unspecified atom stereocenters. The first-order valence-corrected chi connectivity index (χ1v) is 8.93. The zero-order valence-electron chi connectivity index (χ0n) is 13.1. The monoisotopic (exact) mass is 353 g/mol. The lowest BCUT2D eigenvalue weighted by atomic mass is 10.2. The summed E-state index contributed by atoms with van der Waals surface area (Å²) in [6, 6.07) is 19.5. The molecular weight excluding hydrogens is 338 g/mol. The molecule has 0 saturated heterocycles. The molecule has 25 heavy (non-hydrogen) atoms. The van der Waals surface area contributed by atoms with Gasteiger partial charge >= 0.3 is 0 Å². The van der Waals surface area contributed by atoms with Crippen LogP contribution in [-0.2, 0) is 10.0 Å². The van der Waals surface area contributed by atoms with Crippen LogP contribution < -0.4 is 10.0 Å². The second kappa shape index (κ2) is 7.14. The Morgan fingerprint density at radius 2 is 1.64 bits per heavy atom. The highest BCUT2D eigenvalue weighted by Crippen LogP contribution is 2.17. The van der Waals surface area contributed by atoms with E-state index in [1.54, 1.807) is 60.8 Å². The Hall–Kier alpha value is -3.19. The molecule has 3 rings (SSSR count). The Bertz CT molecular complexity index is 975. The molecule has 0 saturated carbocycles. The molecule has 0 spiro atoms. The van der Waals surface area contributed by atoms with Crippen LogP contribution >= 0.6 is 0 Å². The van der Waals surface area contributed by atoms with Gasteiger partial charge in [0.2, 0.25) is 0 Å². The van der Waals surface area contributed by atoms with Crippen LogP contribution in [0.15, 0.2) is 83.9 Å². The quantitative estimate of drug-likeness (QED) is 0.737. The summed E-state index contributed by atoms with van der Waals surface area (Å²) in [6.45, 7) is 0. The Balaban J connectivity index is 1.82. The fourth-order valence-corrected chi connectivity index (χ4v) is 3.25. The van der Waals surface area contributed by atoms with Crippen molar-refractivity contribution >= 4 is 27.4 Å². The third-order valence-electron chi connectivity index (χ3n) is 3.34. The molecular formula is C18H15N3O3S. The van der Waals surface area contributed by atoms with E-state index >= 15 is 0 Å². The molecule has 1 heterocycles. The molecule has 0 aliphatic carbocycles. The predicted octanol–water partition coefficient (Wildman–Crippen LogP) is 3.13. The highest BCUT2D eigenvalue weighted by Gasteiger charge is 2.16. The zero-order chi connectivity index (χ0) is 17.7. The number of amides is 1. The number of pyridine rings is 1. The number of nitrogens with one attached hydrogen (secondary N) is 2. The fraction of sp³-hybridized carbons (Fsp3) is 0. The molecule has 3 aromatic rings. The van der Waals surface area contributed by atoms with Gasteiger partial charge in [-0.3, -0.25) is 9.52 Å². The summed E-state index contributed by atoms with van der Waals surface area (Å²) in [7, 11) is -3.79. The van der Waals surface area contributed by atoms with Gasteiger partial charge in [-0.1, -0.05) is 30.3 Å². The number of carbonyl (C=O) groups is 1. The Morgan fingerprint density at radius 1 is 0.880 bits per heavy atom. The lowest BCUT2D eigenvalue weighted by Crippen LogP contribution is -2.16. The molecule has 126 valence electrons. The zero-order valence-corrected chi connectivity index (χ0v) is 13.9. The van der Waals surface area contributed by atoms with Crippen LogP contribution in [0.2, 0.25) is 0 Å². The van der Waals surface area contributed by atoms with Gasteiger partial charge in [0.15, 0.2) is 0 Å². The van der Waals surface area contributed by atoms with E-state index in [9.17, 15) is 13.2 Å². The van der Waals surface area contributed by atoms with E-state index in [-0.39, 0.29) is 10.5 Å². The van der Waals surface area contributed by atoms with Gasteiger partial charge in [0.25, 0.3) is 15.9 Å². The van der Waals surface area contributed by atoms with Crippen LogP contribution in [0.1, 0.15) is 10.4 Å². The largest absolute Gasteiger partial charge is 0.307 e. The van der Waals surface area contributed by atoms with E-state index in [0.29, 0.717) is 11.5 Å². The van der Waals surface area contributed by atoms with Gasteiger partial charge in [0.05, 0.1) is 4.90 Å². The van der Waals surface area contributed by atoms with E-state index < -0.39 is 15.9 Å². The number of nitrogens with zero attached hydrogens (tertiary/aromatic N) is 1. The van der Waals surface area contributed by atoms with Crippen LogP contribution in [0.3, 0.4) is 0 Å². The Kier molecular flexibility index (Phi) is 4.76. The van der Waals surface area contributed by atoms with Gasteiger partial charge in [-0.15, -0.1) is 0 Å². The second-order valence-electron chi connectivity index (χ2n) is 5.17. The molecule has 6 nitrogen and oxygen atoms in total. The summed E-state index contributed by atoms with van der Waals surface area (Å²) >= 11 is 0. The van der Waals surface area contributed by atoms with Gasteiger partial charge in [-0.25, -0.2) is 13.4 Å². The molecule has 0 bridgehead atoms. The number of benzene rings is 2. The summed E-state index contributed by atoms with van der Waals surface area (Å²) in [6.07, 6.45) is 1.56. The number of carbonyl (C=O) groups excluding carboxylic acids is 1. The maximum Gasteiger partial charge on any atom is 0.261 e. The van der Waals surface area contributed by atoms with E-state index in [0.717, 1.165) is 0 Å². The average molecular weight is 353 g/mol. The molecule has 7 heteroatoms. The fourth-order valence-electron chi connectivity index (χ4n) is 2.15. The lowest BCUT2D eigenvalue weighted by molar-refractivity contribution is 0.102. The molecule has 0 fully saturated rings. The van der Waals surface area contributed by atoms with Crippen molar-refractivity contribution in [2.75, 3.05) is 10.0 Å². The molecule has 0 aliphatic rings. The van der Waals surface area contributed by atoms with Crippen molar-refractivity contribution in [1.29, 1.82) is 0 Å². The van der Waals surface area contributed by atoms with Gasteiger partial charge in [-0.05, 0) is 42.5 Å². The Labute approximate surface area is 145 Å². The van der Waals surface area contributed by atoms with Crippen LogP contribution in [0.5, 0.6) is 0 Å². The van der Waals surface area contributed by atoms with Gasteiger partial charge in [-0.2, -0.15) is 0 Å². The first-order valence-electron chi connectivity index (χ1n) is 7.45. The normalized spacial score (nSPS) is 10.9. The number of anilines is 2. The number of hydrogen-bond acceptors (Lipinski definition) is 4. The smallest absolute Gasteiger partial charge is 0.261 e. The summed E-state index contributed by atoms with van der Waals surface area (Å²) < 4.78 is 27.4. The van der Waals surface area contributed by atoms with Gasteiger partial charge in [0, 0.05) is 17.4 Å². The molecule has 0 aliphatic heterocycles. The average Bonchev–Trinajstić information content (AvgIpc) is 2.63. The topological polar surface area (TPSA) is 88.2 Å². The Morgan fingerprint density at radius 3 is 2.36 bits per heavy atom. The maximum absolute atomic E-state index is 12.5. The molecule has 0 atom stereocenters. The van der Waals surface area contributed by atoms with E-state index in [1.165, 1.54) is 18.2 Å². The maximum atomic E-state index is 12.5.